The summed E-state index contributed by atoms with van der Waals surface area (Å²) in [6.45, 7) is 20.2. The van der Waals surface area contributed by atoms with E-state index in [1.807, 2.05) is 78.0 Å². The van der Waals surface area contributed by atoms with Crippen molar-refractivity contribution in [3.8, 4) is 0 Å². The summed E-state index contributed by atoms with van der Waals surface area (Å²) >= 11 is 0. The van der Waals surface area contributed by atoms with Crippen LogP contribution in [-0.4, -0.2) is 40.3 Å². The number of H-pyrrole nitrogens is 1. The van der Waals surface area contributed by atoms with Crippen LogP contribution in [0.25, 0.3) is 11.8 Å². The van der Waals surface area contributed by atoms with Crippen LogP contribution in [0.3, 0.4) is 0 Å². The lowest BCUT2D eigenvalue weighted by molar-refractivity contribution is 0.183. The molecule has 1 aromatic heterocycles. The molecule has 1 aliphatic carbocycles. The number of aromatic nitrogens is 2. The molecule has 6 heteroatoms. The molecule has 3 unspecified atom stereocenters. The van der Waals surface area contributed by atoms with Gasteiger partial charge in [-0.2, -0.15) is 5.10 Å². The van der Waals surface area contributed by atoms with E-state index >= 15 is 0 Å². The molecule has 0 radical (unpaired) electrons. The van der Waals surface area contributed by atoms with Crippen molar-refractivity contribution in [2.45, 2.75) is 98.6 Å². The van der Waals surface area contributed by atoms with E-state index in [4.69, 9.17) is 0 Å². The Morgan fingerprint density at radius 3 is 2.63 bits per heavy atom. The molecular weight excluding hydrogens is 535 g/mol. The fourth-order valence-corrected chi connectivity index (χ4v) is 6.07. The SMILES string of the molecule is C=C/C=C(\C=C/CC1NC(=CC)c2c(n[nH]c(=O)c2/C=C\C)C1C1=CC=C(F)C=CC1)C1CCCCN1CC.CC.CC. The molecule has 1 saturated heterocycles. The summed E-state index contributed by atoms with van der Waals surface area (Å²) in [4.78, 5) is 15.3. The van der Waals surface area contributed by atoms with E-state index < -0.39 is 0 Å². The molecule has 2 N–H and O–H groups in total. The number of nitrogens with one attached hydrogen (secondary N) is 2. The maximum absolute atomic E-state index is 14.1. The average Bonchev–Trinajstić information content (AvgIpc) is 3.27. The van der Waals surface area contributed by atoms with Crippen molar-refractivity contribution >= 4 is 11.8 Å². The number of rotatable bonds is 8. The number of halogens is 1. The van der Waals surface area contributed by atoms with Crippen LogP contribution in [0.15, 0.2) is 89.1 Å². The van der Waals surface area contributed by atoms with E-state index in [1.54, 1.807) is 0 Å². The number of nitrogens with zero attached hydrogens (tertiary/aromatic N) is 2. The maximum atomic E-state index is 14.1. The second-order valence-electron chi connectivity index (χ2n) is 10.2. The first-order valence-electron chi connectivity index (χ1n) is 16.2. The van der Waals surface area contributed by atoms with E-state index in [1.165, 1.54) is 30.6 Å². The first-order valence-corrected chi connectivity index (χ1v) is 16.2. The highest BCUT2D eigenvalue weighted by molar-refractivity contribution is 5.77. The average molecular weight is 589 g/mol. The van der Waals surface area contributed by atoms with Gasteiger partial charge in [0.2, 0.25) is 0 Å². The Morgan fingerprint density at radius 2 is 1.95 bits per heavy atom. The summed E-state index contributed by atoms with van der Waals surface area (Å²) in [5.41, 5.74) is 5.22. The maximum Gasteiger partial charge on any atom is 0.272 e. The molecule has 0 saturated carbocycles. The molecule has 0 amide bonds. The zero-order valence-corrected chi connectivity index (χ0v) is 27.4. The number of aromatic amines is 1. The Labute approximate surface area is 259 Å². The normalized spacial score (nSPS) is 23.3. The highest BCUT2D eigenvalue weighted by Crippen LogP contribution is 2.41. The molecule has 1 fully saturated rings. The van der Waals surface area contributed by atoms with E-state index in [0.29, 0.717) is 18.0 Å². The number of likely N-dealkylation sites (tertiary alicyclic amines) is 1. The summed E-state index contributed by atoms with van der Waals surface area (Å²) in [5.74, 6) is -0.412. The highest BCUT2D eigenvalue weighted by Gasteiger charge is 2.36. The van der Waals surface area contributed by atoms with Gasteiger partial charge in [0.15, 0.2) is 0 Å². The molecule has 0 spiro atoms. The van der Waals surface area contributed by atoms with E-state index in [2.05, 4.69) is 52.1 Å². The quantitative estimate of drug-likeness (QED) is 0.298. The standard InChI is InChI=1S/C33H41FN4O.2C2H6/c1-5-13-23(29-19-9-10-22-38(29)8-4)15-12-18-28-30(24-16-11-17-25(34)21-20-24)32-31(27(7-3)35-28)26(14-6-2)33(39)37-36-32;2*1-2/h5-7,11-15,17,20-21,28-30,35H,1,8-10,16,18-19,22H2,2-4H3,(H,37,39);2*1-2H3/b14-6-,15-12-,23-13+,27-7?;;. The van der Waals surface area contributed by atoms with Crippen LogP contribution in [0.5, 0.6) is 0 Å². The second kappa shape index (κ2) is 18.9. The molecule has 2 aliphatic heterocycles. The van der Waals surface area contributed by atoms with Gasteiger partial charge in [-0.3, -0.25) is 9.69 Å². The van der Waals surface area contributed by atoms with Crippen molar-refractivity contribution in [1.82, 2.24) is 20.4 Å². The topological polar surface area (TPSA) is 61.0 Å². The van der Waals surface area contributed by atoms with Gasteiger partial charge in [0.1, 0.15) is 5.83 Å². The van der Waals surface area contributed by atoms with Gasteiger partial charge < -0.3 is 5.32 Å². The third-order valence-corrected chi connectivity index (χ3v) is 7.88. The number of allylic oxidation sites excluding steroid dienone is 9. The third-order valence-electron chi connectivity index (χ3n) is 7.88. The number of fused-ring (bicyclic) bond motifs is 1. The molecule has 0 bridgehead atoms. The largest absolute Gasteiger partial charge is 0.381 e. The van der Waals surface area contributed by atoms with Gasteiger partial charge >= 0.3 is 0 Å². The first kappa shape index (κ1) is 35.7. The molecule has 234 valence electrons. The fourth-order valence-electron chi connectivity index (χ4n) is 6.07. The zero-order valence-electron chi connectivity index (χ0n) is 27.4. The number of likely N-dealkylation sites (N-methyl/N-ethyl adjacent to an activating group) is 1. The molecule has 3 atom stereocenters. The van der Waals surface area contributed by atoms with Crippen molar-refractivity contribution in [1.29, 1.82) is 0 Å². The Kier molecular flexibility index (Phi) is 15.7. The van der Waals surface area contributed by atoms with Crippen molar-refractivity contribution in [3.05, 3.63) is 111 Å². The van der Waals surface area contributed by atoms with Crippen LogP contribution in [0.4, 0.5) is 4.39 Å². The Balaban J connectivity index is 0.00000155. The van der Waals surface area contributed by atoms with Crippen molar-refractivity contribution in [2.75, 3.05) is 13.1 Å². The predicted molar refractivity (Wildman–Crippen MR) is 184 cm³/mol. The molecule has 4 rings (SSSR count). The van der Waals surface area contributed by atoms with Crippen LogP contribution < -0.4 is 10.9 Å². The highest BCUT2D eigenvalue weighted by atomic mass is 19.1. The monoisotopic (exact) mass is 588 g/mol. The zero-order chi connectivity index (χ0) is 31.8. The van der Waals surface area contributed by atoms with Crippen LogP contribution in [-0.2, 0) is 0 Å². The second-order valence-corrected chi connectivity index (χ2v) is 10.2. The molecule has 43 heavy (non-hydrogen) atoms. The molecule has 0 aromatic carbocycles. The minimum absolute atomic E-state index is 0.0235. The van der Waals surface area contributed by atoms with Crippen molar-refractivity contribution in [3.63, 3.8) is 0 Å². The van der Waals surface area contributed by atoms with Crippen molar-refractivity contribution in [2.24, 2.45) is 0 Å². The van der Waals surface area contributed by atoms with Gasteiger partial charge in [0, 0.05) is 29.3 Å². The summed E-state index contributed by atoms with van der Waals surface area (Å²) in [7, 11) is 0. The van der Waals surface area contributed by atoms with E-state index in [0.717, 1.165) is 48.5 Å². The molecule has 5 nitrogen and oxygen atoms in total. The molecule has 3 aliphatic rings. The Bertz CT molecular complexity index is 1320. The van der Waals surface area contributed by atoms with Crippen LogP contribution in [0.1, 0.15) is 103 Å². The van der Waals surface area contributed by atoms with Crippen LogP contribution >= 0.6 is 0 Å². The summed E-state index contributed by atoms with van der Waals surface area (Å²) in [5, 5.41) is 11.0. The van der Waals surface area contributed by atoms with E-state index in [-0.39, 0.29) is 23.3 Å². The number of hydrogen-bond donors (Lipinski definition) is 2. The summed E-state index contributed by atoms with van der Waals surface area (Å²) in [6.07, 6.45) is 25.9. The van der Waals surface area contributed by atoms with Gasteiger partial charge in [-0.1, -0.05) is 108 Å². The minimum Gasteiger partial charge on any atom is -0.381 e. The smallest absolute Gasteiger partial charge is 0.272 e. The fraction of sp³-hybridized carbons (Fsp3) is 0.459. The van der Waals surface area contributed by atoms with Gasteiger partial charge in [0.25, 0.3) is 5.56 Å². The molecule has 3 heterocycles. The molecular formula is C37H53FN4O. The Morgan fingerprint density at radius 1 is 1.19 bits per heavy atom. The van der Waals surface area contributed by atoms with E-state index in [9.17, 15) is 9.18 Å². The lowest BCUT2D eigenvalue weighted by Crippen LogP contribution is -2.41. The van der Waals surface area contributed by atoms with Gasteiger partial charge in [-0.15, -0.1) is 0 Å². The lowest BCUT2D eigenvalue weighted by atomic mass is 9.78. The minimum atomic E-state index is -0.268. The lowest BCUT2D eigenvalue weighted by Gasteiger charge is -2.37. The molecule has 1 aromatic rings. The van der Waals surface area contributed by atoms with Gasteiger partial charge in [-0.05, 0) is 70.3 Å². The van der Waals surface area contributed by atoms with Crippen LogP contribution in [0.2, 0.25) is 0 Å². The summed E-state index contributed by atoms with van der Waals surface area (Å²) < 4.78 is 14.1. The van der Waals surface area contributed by atoms with Gasteiger partial charge in [-0.25, -0.2) is 9.49 Å². The van der Waals surface area contributed by atoms with Crippen molar-refractivity contribution < 1.29 is 4.39 Å². The van der Waals surface area contributed by atoms with Crippen LogP contribution in [0, 0.1) is 0 Å². The third kappa shape index (κ3) is 8.99. The van der Waals surface area contributed by atoms with Gasteiger partial charge in [0.05, 0.1) is 11.3 Å². The Hall–Kier alpha value is -3.51. The predicted octanol–water partition coefficient (Wildman–Crippen LogP) is 8.94. The number of piperidine rings is 1. The first-order chi connectivity index (χ1) is 21.0. The number of hydrogen-bond acceptors (Lipinski definition) is 4. The summed E-state index contributed by atoms with van der Waals surface area (Å²) in [6, 6.07) is 0.377.